The van der Waals surface area contributed by atoms with Crippen molar-refractivity contribution in [2.75, 3.05) is 19.8 Å². The van der Waals surface area contributed by atoms with Crippen molar-refractivity contribution in [3.8, 4) is 5.88 Å². The molecule has 0 N–H and O–H groups in total. The summed E-state index contributed by atoms with van der Waals surface area (Å²) >= 11 is 10.9. The van der Waals surface area contributed by atoms with Crippen LogP contribution in [0.25, 0.3) is 0 Å². The van der Waals surface area contributed by atoms with E-state index in [0.717, 1.165) is 13.2 Å². The van der Waals surface area contributed by atoms with Gasteiger partial charge in [-0.3, -0.25) is 0 Å². The quantitative estimate of drug-likeness (QED) is 0.494. The maximum Gasteiger partial charge on any atom is 1.00 e. The Morgan fingerprint density at radius 3 is 2.93 bits per heavy atom. The normalized spacial score (nSPS) is 15.3. The largest absolute Gasteiger partial charge is 1.00 e. The SMILES string of the molecule is [Na+].[S-]c1ccnc(OCC2COC2)c1Cl. The van der Waals surface area contributed by atoms with E-state index in [1.54, 1.807) is 12.3 Å². The van der Waals surface area contributed by atoms with Gasteiger partial charge in [-0.25, -0.2) is 4.98 Å². The van der Waals surface area contributed by atoms with Crippen LogP contribution in [-0.2, 0) is 17.4 Å². The molecule has 0 radical (unpaired) electrons. The Hall–Kier alpha value is 0.420. The molecule has 2 rings (SSSR count). The van der Waals surface area contributed by atoms with Crippen LogP contribution in [0.2, 0.25) is 5.02 Å². The molecule has 6 heteroatoms. The fraction of sp³-hybridized carbons (Fsp3) is 0.444. The van der Waals surface area contributed by atoms with Gasteiger partial charge in [0.05, 0.1) is 24.8 Å². The minimum absolute atomic E-state index is 0. The molecule has 1 aliphatic rings. The van der Waals surface area contributed by atoms with Gasteiger partial charge >= 0.3 is 29.6 Å². The molecule has 15 heavy (non-hydrogen) atoms. The van der Waals surface area contributed by atoms with Gasteiger partial charge in [0, 0.05) is 12.1 Å². The third-order valence-corrected chi connectivity index (χ3v) is 2.80. The van der Waals surface area contributed by atoms with Crippen molar-refractivity contribution in [3.63, 3.8) is 0 Å². The molecule has 1 fully saturated rings. The Morgan fingerprint density at radius 1 is 1.60 bits per heavy atom. The van der Waals surface area contributed by atoms with Gasteiger partial charge in [-0.1, -0.05) is 17.7 Å². The zero-order chi connectivity index (χ0) is 9.97. The van der Waals surface area contributed by atoms with E-state index >= 15 is 0 Å². The predicted molar refractivity (Wildman–Crippen MR) is 54.7 cm³/mol. The first kappa shape index (κ1) is 13.5. The Bertz CT molecular complexity index is 336. The molecule has 0 spiro atoms. The maximum atomic E-state index is 5.91. The number of pyridine rings is 1. The number of ether oxygens (including phenoxy) is 2. The smallest absolute Gasteiger partial charge is 0.778 e. The average Bonchev–Trinajstić information content (AvgIpc) is 2.09. The van der Waals surface area contributed by atoms with Crippen LogP contribution >= 0.6 is 11.6 Å². The van der Waals surface area contributed by atoms with E-state index in [-0.39, 0.29) is 29.6 Å². The van der Waals surface area contributed by atoms with Crippen molar-refractivity contribution in [1.29, 1.82) is 0 Å². The molecule has 1 aliphatic heterocycles. The van der Waals surface area contributed by atoms with E-state index in [1.807, 2.05) is 0 Å². The van der Waals surface area contributed by atoms with Crippen LogP contribution in [0.5, 0.6) is 5.88 Å². The summed E-state index contributed by atoms with van der Waals surface area (Å²) in [6, 6.07) is 1.68. The van der Waals surface area contributed by atoms with Crippen molar-refractivity contribution in [3.05, 3.63) is 17.3 Å². The standard InChI is InChI=1S/C9H10ClNO2S.Na/c10-8-7(14)1-2-11-9(8)13-5-6-3-12-4-6;/h1-2,6H,3-5H2,(H,11,14);/q;+1/p-1. The van der Waals surface area contributed by atoms with E-state index in [0.29, 0.717) is 28.3 Å². The van der Waals surface area contributed by atoms with Crippen molar-refractivity contribution < 1.29 is 39.0 Å². The van der Waals surface area contributed by atoms with Gasteiger partial charge in [-0.05, 0) is 0 Å². The number of aromatic nitrogens is 1. The van der Waals surface area contributed by atoms with Crippen LogP contribution in [0.3, 0.4) is 0 Å². The molecule has 1 aromatic rings. The zero-order valence-electron chi connectivity index (χ0n) is 8.40. The van der Waals surface area contributed by atoms with Gasteiger partial charge in [-0.15, -0.1) is 4.90 Å². The second-order valence-electron chi connectivity index (χ2n) is 3.14. The molecule has 0 atom stereocenters. The third-order valence-electron chi connectivity index (χ3n) is 1.98. The second-order valence-corrected chi connectivity index (χ2v) is 3.96. The van der Waals surface area contributed by atoms with Crippen molar-refractivity contribution in [1.82, 2.24) is 4.98 Å². The molecule has 0 unspecified atom stereocenters. The predicted octanol–water partition coefficient (Wildman–Crippen LogP) is -1.33. The summed E-state index contributed by atoms with van der Waals surface area (Å²) in [5.74, 6) is 0.882. The Balaban J connectivity index is 0.00000112. The maximum absolute atomic E-state index is 5.91. The first-order valence-electron chi connectivity index (χ1n) is 4.29. The summed E-state index contributed by atoms with van der Waals surface area (Å²) in [6.07, 6.45) is 1.60. The molecule has 1 aromatic heterocycles. The van der Waals surface area contributed by atoms with Crippen LogP contribution in [0, 0.1) is 5.92 Å². The van der Waals surface area contributed by atoms with Crippen molar-refractivity contribution >= 4 is 24.2 Å². The molecule has 76 valence electrons. The first-order valence-corrected chi connectivity index (χ1v) is 5.08. The minimum Gasteiger partial charge on any atom is -0.778 e. The molecule has 1 saturated heterocycles. The average molecular weight is 254 g/mol. The van der Waals surface area contributed by atoms with Crippen LogP contribution in [0.1, 0.15) is 0 Å². The summed E-state index contributed by atoms with van der Waals surface area (Å²) < 4.78 is 10.5. The number of hydrogen-bond donors (Lipinski definition) is 0. The first-order chi connectivity index (χ1) is 6.77. The van der Waals surface area contributed by atoms with Crippen molar-refractivity contribution in [2.45, 2.75) is 4.90 Å². The number of rotatable bonds is 3. The molecule has 3 nitrogen and oxygen atoms in total. The summed E-state index contributed by atoms with van der Waals surface area (Å²) in [5.41, 5.74) is 0. The second kappa shape index (κ2) is 6.23. The van der Waals surface area contributed by atoms with E-state index in [4.69, 9.17) is 33.7 Å². The molecular weight excluding hydrogens is 245 g/mol. The number of hydrogen-bond acceptors (Lipinski definition) is 4. The van der Waals surface area contributed by atoms with Gasteiger partial charge in [0.1, 0.15) is 0 Å². The van der Waals surface area contributed by atoms with Crippen LogP contribution in [-0.4, -0.2) is 24.8 Å². The third kappa shape index (κ3) is 3.44. The molecular formula is C9H9ClNNaO2S. The summed E-state index contributed by atoms with van der Waals surface area (Å²) in [4.78, 5) is 4.58. The van der Waals surface area contributed by atoms with Gasteiger partial charge in [0.15, 0.2) is 0 Å². The van der Waals surface area contributed by atoms with Crippen LogP contribution < -0.4 is 34.3 Å². The Labute approximate surface area is 121 Å². The Kier molecular flexibility index (Phi) is 5.60. The van der Waals surface area contributed by atoms with Gasteiger partial charge in [0.2, 0.25) is 5.88 Å². The fourth-order valence-electron chi connectivity index (χ4n) is 1.09. The monoisotopic (exact) mass is 253 g/mol. The van der Waals surface area contributed by atoms with Gasteiger partial charge in [0.25, 0.3) is 0 Å². The van der Waals surface area contributed by atoms with Crippen LogP contribution in [0.4, 0.5) is 0 Å². The van der Waals surface area contributed by atoms with Gasteiger partial charge in [-0.2, -0.15) is 0 Å². The summed E-state index contributed by atoms with van der Waals surface area (Å²) in [7, 11) is 0. The van der Waals surface area contributed by atoms with Crippen molar-refractivity contribution in [2.24, 2.45) is 5.92 Å². The van der Waals surface area contributed by atoms with E-state index < -0.39 is 0 Å². The molecule has 0 aliphatic carbocycles. The summed E-state index contributed by atoms with van der Waals surface area (Å²) in [6.45, 7) is 2.10. The molecule has 2 heterocycles. The fourth-order valence-corrected chi connectivity index (χ4v) is 1.40. The molecule has 0 aromatic carbocycles. The van der Waals surface area contributed by atoms with E-state index in [2.05, 4.69) is 4.98 Å². The minimum atomic E-state index is 0. The zero-order valence-corrected chi connectivity index (χ0v) is 12.0. The van der Waals surface area contributed by atoms with Gasteiger partial charge < -0.3 is 22.1 Å². The Morgan fingerprint density at radius 2 is 2.33 bits per heavy atom. The molecule has 0 amide bonds. The van der Waals surface area contributed by atoms with E-state index in [9.17, 15) is 0 Å². The topological polar surface area (TPSA) is 31.4 Å². The van der Waals surface area contributed by atoms with E-state index in [1.165, 1.54) is 0 Å². The number of nitrogens with zero attached hydrogens (tertiary/aromatic N) is 1. The van der Waals surface area contributed by atoms with Crippen LogP contribution in [0.15, 0.2) is 17.2 Å². The summed E-state index contributed by atoms with van der Waals surface area (Å²) in [5, 5.41) is 0.419. The molecule has 0 saturated carbocycles. The molecule has 0 bridgehead atoms. The number of halogens is 1.